The van der Waals surface area contributed by atoms with Crippen LogP contribution in [-0.2, 0) is 4.74 Å². The van der Waals surface area contributed by atoms with Crippen molar-refractivity contribution in [3.8, 4) is 0 Å². The number of hydrogen-bond donors (Lipinski definition) is 2. The van der Waals surface area contributed by atoms with Crippen molar-refractivity contribution in [3.05, 3.63) is 29.8 Å². The molecule has 0 amide bonds. The third-order valence-electron chi connectivity index (χ3n) is 3.55. The number of hydrogen-bond acceptors (Lipinski definition) is 4. The Morgan fingerprint density at radius 1 is 1.44 bits per heavy atom. The number of nitrogen functional groups attached to an aromatic ring is 1. The van der Waals surface area contributed by atoms with Gasteiger partial charge in [-0.2, -0.15) is 0 Å². The highest BCUT2D eigenvalue weighted by Gasteiger charge is 2.21. The van der Waals surface area contributed by atoms with Gasteiger partial charge in [0.05, 0.1) is 12.2 Å². The molecule has 1 heterocycles. The van der Waals surface area contributed by atoms with Crippen LogP contribution in [0.15, 0.2) is 24.3 Å². The number of aliphatic hydroxyl groups excluding tert-OH is 1. The fourth-order valence-electron chi connectivity index (χ4n) is 2.44. The van der Waals surface area contributed by atoms with Gasteiger partial charge in [0, 0.05) is 25.9 Å². The number of anilines is 1. The second-order valence-electron chi connectivity index (χ2n) is 4.94. The van der Waals surface area contributed by atoms with Gasteiger partial charge in [-0.15, -0.1) is 0 Å². The molecule has 100 valence electrons. The van der Waals surface area contributed by atoms with Crippen molar-refractivity contribution < 1.29 is 9.84 Å². The predicted octanol–water partition coefficient (Wildman–Crippen LogP) is 1.41. The first-order valence-corrected chi connectivity index (χ1v) is 6.47. The summed E-state index contributed by atoms with van der Waals surface area (Å²) in [6, 6.07) is 7.43. The molecule has 0 aromatic heterocycles. The number of aliphatic hydroxyl groups is 1. The number of methoxy groups -OCH3 is 1. The Bertz CT molecular complexity index is 367. The van der Waals surface area contributed by atoms with E-state index in [-0.39, 0.29) is 0 Å². The summed E-state index contributed by atoms with van der Waals surface area (Å²) in [7, 11) is 1.75. The fourth-order valence-corrected chi connectivity index (χ4v) is 2.44. The third kappa shape index (κ3) is 3.45. The molecule has 0 radical (unpaired) electrons. The van der Waals surface area contributed by atoms with Crippen LogP contribution in [0.1, 0.15) is 24.5 Å². The van der Waals surface area contributed by atoms with Crippen LogP contribution in [0.5, 0.6) is 0 Å². The molecule has 1 aromatic carbocycles. The van der Waals surface area contributed by atoms with Gasteiger partial charge in [0.1, 0.15) is 0 Å². The van der Waals surface area contributed by atoms with Gasteiger partial charge in [0.25, 0.3) is 0 Å². The second-order valence-corrected chi connectivity index (χ2v) is 4.94. The van der Waals surface area contributed by atoms with Crippen LogP contribution in [0.2, 0.25) is 0 Å². The SMILES string of the molecule is COC1CCCN(CC(O)c2ccc(N)cc2)C1. The molecule has 1 aliphatic rings. The molecule has 4 heteroatoms. The Kier molecular flexibility index (Phi) is 4.58. The zero-order valence-electron chi connectivity index (χ0n) is 10.9. The lowest BCUT2D eigenvalue weighted by Crippen LogP contribution is -2.41. The number of ether oxygens (including phenoxy) is 1. The highest BCUT2D eigenvalue weighted by molar-refractivity contribution is 5.39. The highest BCUT2D eigenvalue weighted by Crippen LogP contribution is 2.19. The van der Waals surface area contributed by atoms with Gasteiger partial charge in [-0.05, 0) is 37.1 Å². The van der Waals surface area contributed by atoms with Gasteiger partial charge < -0.3 is 15.6 Å². The van der Waals surface area contributed by atoms with Crippen molar-refractivity contribution in [1.29, 1.82) is 0 Å². The molecule has 3 N–H and O–H groups in total. The molecule has 0 aliphatic carbocycles. The van der Waals surface area contributed by atoms with Crippen molar-refractivity contribution in [3.63, 3.8) is 0 Å². The molecular weight excluding hydrogens is 228 g/mol. The molecule has 0 saturated carbocycles. The maximum atomic E-state index is 10.2. The van der Waals surface area contributed by atoms with Crippen molar-refractivity contribution in [1.82, 2.24) is 4.90 Å². The quantitative estimate of drug-likeness (QED) is 0.793. The molecule has 0 bridgehead atoms. The maximum Gasteiger partial charge on any atom is 0.0916 e. The minimum absolute atomic E-state index is 0.303. The number of likely N-dealkylation sites (tertiary alicyclic amines) is 1. The van der Waals surface area contributed by atoms with Gasteiger partial charge in [0.2, 0.25) is 0 Å². The van der Waals surface area contributed by atoms with E-state index in [2.05, 4.69) is 4.90 Å². The number of nitrogens with two attached hydrogens (primary N) is 1. The lowest BCUT2D eigenvalue weighted by Gasteiger charge is -2.33. The first-order chi connectivity index (χ1) is 8.69. The van der Waals surface area contributed by atoms with E-state index >= 15 is 0 Å². The van der Waals surface area contributed by atoms with Gasteiger partial charge in [-0.25, -0.2) is 0 Å². The molecule has 1 aromatic rings. The normalized spacial score (nSPS) is 22.9. The minimum atomic E-state index is -0.457. The number of rotatable bonds is 4. The van der Waals surface area contributed by atoms with Crippen LogP contribution in [0.3, 0.4) is 0 Å². The Morgan fingerprint density at radius 3 is 2.83 bits per heavy atom. The van der Waals surface area contributed by atoms with E-state index in [9.17, 15) is 5.11 Å². The summed E-state index contributed by atoms with van der Waals surface area (Å²) >= 11 is 0. The Hall–Kier alpha value is -1.10. The largest absolute Gasteiger partial charge is 0.399 e. The standard InChI is InChI=1S/C14H22N2O2/c1-18-13-3-2-8-16(9-13)10-14(17)11-4-6-12(15)7-5-11/h4-7,13-14,17H,2-3,8-10,15H2,1H3. The predicted molar refractivity (Wildman–Crippen MR) is 72.3 cm³/mol. The Labute approximate surface area is 108 Å². The van der Waals surface area contributed by atoms with Crippen LogP contribution >= 0.6 is 0 Å². The minimum Gasteiger partial charge on any atom is -0.399 e. The lowest BCUT2D eigenvalue weighted by molar-refractivity contribution is 0.0128. The monoisotopic (exact) mass is 250 g/mol. The van der Waals surface area contributed by atoms with Crippen LogP contribution in [-0.4, -0.2) is 42.9 Å². The van der Waals surface area contributed by atoms with E-state index in [0.717, 1.165) is 37.2 Å². The lowest BCUT2D eigenvalue weighted by atomic mass is 10.0. The summed E-state index contributed by atoms with van der Waals surface area (Å²) in [5, 5.41) is 10.2. The summed E-state index contributed by atoms with van der Waals surface area (Å²) in [4.78, 5) is 2.26. The average Bonchev–Trinajstić information content (AvgIpc) is 2.39. The van der Waals surface area contributed by atoms with Crippen molar-refractivity contribution >= 4 is 5.69 Å². The Balaban J connectivity index is 1.90. The highest BCUT2D eigenvalue weighted by atomic mass is 16.5. The summed E-state index contributed by atoms with van der Waals surface area (Å²) in [5.41, 5.74) is 7.28. The van der Waals surface area contributed by atoms with E-state index in [1.165, 1.54) is 0 Å². The van der Waals surface area contributed by atoms with Crippen molar-refractivity contribution in [2.75, 3.05) is 32.5 Å². The van der Waals surface area contributed by atoms with Crippen LogP contribution in [0.4, 0.5) is 5.69 Å². The first kappa shape index (κ1) is 13.3. The third-order valence-corrected chi connectivity index (χ3v) is 3.55. The zero-order valence-corrected chi connectivity index (χ0v) is 10.9. The van der Waals surface area contributed by atoms with Gasteiger partial charge >= 0.3 is 0 Å². The molecule has 1 saturated heterocycles. The molecule has 0 spiro atoms. The van der Waals surface area contributed by atoms with Gasteiger partial charge in [-0.1, -0.05) is 12.1 Å². The molecule has 2 rings (SSSR count). The van der Waals surface area contributed by atoms with Crippen LogP contribution in [0, 0.1) is 0 Å². The van der Waals surface area contributed by atoms with E-state index in [4.69, 9.17) is 10.5 Å². The second kappa shape index (κ2) is 6.18. The molecule has 4 nitrogen and oxygen atoms in total. The summed E-state index contributed by atoms with van der Waals surface area (Å²) in [6.45, 7) is 2.60. The first-order valence-electron chi connectivity index (χ1n) is 6.47. The van der Waals surface area contributed by atoms with Gasteiger partial charge in [-0.3, -0.25) is 4.90 Å². The zero-order chi connectivity index (χ0) is 13.0. The van der Waals surface area contributed by atoms with E-state index in [0.29, 0.717) is 12.6 Å². The van der Waals surface area contributed by atoms with Gasteiger partial charge in [0.15, 0.2) is 0 Å². The summed E-state index contributed by atoms with van der Waals surface area (Å²) < 4.78 is 5.38. The summed E-state index contributed by atoms with van der Waals surface area (Å²) in [6.07, 6.45) is 2.09. The smallest absolute Gasteiger partial charge is 0.0916 e. The molecule has 18 heavy (non-hydrogen) atoms. The van der Waals surface area contributed by atoms with Crippen molar-refractivity contribution in [2.45, 2.75) is 25.0 Å². The molecule has 2 atom stereocenters. The topological polar surface area (TPSA) is 58.7 Å². The maximum absolute atomic E-state index is 10.2. The molecular formula is C14H22N2O2. The van der Waals surface area contributed by atoms with E-state index in [1.54, 1.807) is 7.11 Å². The van der Waals surface area contributed by atoms with Crippen LogP contribution in [0.25, 0.3) is 0 Å². The Morgan fingerprint density at radius 2 is 2.17 bits per heavy atom. The van der Waals surface area contributed by atoms with Crippen molar-refractivity contribution in [2.24, 2.45) is 0 Å². The average molecular weight is 250 g/mol. The fraction of sp³-hybridized carbons (Fsp3) is 0.571. The molecule has 1 fully saturated rings. The van der Waals surface area contributed by atoms with Crippen LogP contribution < -0.4 is 5.73 Å². The number of piperidine rings is 1. The summed E-state index contributed by atoms with van der Waals surface area (Å²) in [5.74, 6) is 0. The van der Waals surface area contributed by atoms with E-state index < -0.39 is 6.10 Å². The molecule has 1 aliphatic heterocycles. The number of β-amino-alcohol motifs (C(OH)–C–C–N with tert-alkyl or cyclic N) is 1. The number of benzene rings is 1. The molecule has 2 unspecified atom stereocenters. The van der Waals surface area contributed by atoms with E-state index in [1.807, 2.05) is 24.3 Å². The number of nitrogens with zero attached hydrogens (tertiary/aromatic N) is 1.